The van der Waals surface area contributed by atoms with Crippen LogP contribution in [0.15, 0.2) is 12.7 Å². The maximum absolute atomic E-state index is 14.4. The molecule has 0 aromatic heterocycles. The largest absolute Gasteiger partial charge is 0.346 e. The Kier molecular flexibility index (Phi) is 13.6. The van der Waals surface area contributed by atoms with Gasteiger partial charge in [0.05, 0.1) is 6.04 Å². The molecule has 0 spiro atoms. The number of carbonyl (C=O) groups excluding carboxylic acids is 5. The molecule has 0 bridgehead atoms. The minimum Gasteiger partial charge on any atom is -0.346 e. The second-order valence-corrected chi connectivity index (χ2v) is 19.2. The average molecular weight is 738 g/mol. The van der Waals surface area contributed by atoms with Crippen LogP contribution in [-0.4, -0.2) is 115 Å². The number of amides is 5. The predicted molar refractivity (Wildman–Crippen MR) is 196 cm³/mol. The molecule has 51 heavy (non-hydrogen) atoms. The molecule has 6 atom stereocenters. The van der Waals surface area contributed by atoms with Gasteiger partial charge in [-0.05, 0) is 47.3 Å². The standard InChI is InChI=1S/C36H63N7O7S/c1-12-17-24(28(44)31(46)37-18-13-2)38-30(45)27-26-23(36(26,9)10)21-43(27)32(47)29(35(6,7)8)40-33(48)39-25(34(3,4)5)22-41(11)51(49,50)42-19-15-14-16-20-42/h13,23-27,29H,2,12,14-22H2,1,3-11H3,(H,37,46)(H,38,45)(H2,39,40,48)/t23-,24?,25+,26-,27-,29+/m0/s1. The molecule has 3 fully saturated rings. The van der Waals surface area contributed by atoms with Crippen LogP contribution in [-0.2, 0) is 29.4 Å². The number of Topliss-reactive ketones (excluding diaryl/α,β-unsaturated/α-hetero) is 1. The van der Waals surface area contributed by atoms with Crippen molar-refractivity contribution in [2.45, 2.75) is 119 Å². The van der Waals surface area contributed by atoms with E-state index in [1.807, 2.05) is 62.3 Å². The molecule has 2 heterocycles. The third kappa shape index (κ3) is 9.89. The fourth-order valence-electron chi connectivity index (χ4n) is 7.36. The molecule has 14 nitrogen and oxygen atoms in total. The van der Waals surface area contributed by atoms with Gasteiger partial charge in [0.15, 0.2) is 0 Å². The summed E-state index contributed by atoms with van der Waals surface area (Å²) in [7, 11) is -2.21. The second kappa shape index (κ2) is 16.3. The zero-order valence-corrected chi connectivity index (χ0v) is 33.2. The van der Waals surface area contributed by atoms with Crippen LogP contribution < -0.4 is 21.3 Å². The van der Waals surface area contributed by atoms with Crippen LogP contribution in [0.3, 0.4) is 0 Å². The van der Waals surface area contributed by atoms with Crippen molar-refractivity contribution < 1.29 is 32.4 Å². The number of fused-ring (bicyclic) bond motifs is 1. The van der Waals surface area contributed by atoms with Crippen LogP contribution in [0.4, 0.5) is 4.79 Å². The SMILES string of the molecule is C=CCNC(=O)C(=O)C(CCC)NC(=O)[C@@H]1[C@@H]2[C@H](CN1C(=O)[C@@H](NC(=O)N[C@H](CN(C)S(=O)(=O)N1CCCCC1)C(C)(C)C)C(C)(C)C)C2(C)C. The lowest BCUT2D eigenvalue weighted by molar-refractivity contribution is -0.145. The second-order valence-electron chi connectivity index (χ2n) is 17.2. The highest BCUT2D eigenvalue weighted by molar-refractivity contribution is 7.86. The lowest BCUT2D eigenvalue weighted by Crippen LogP contribution is -2.63. The summed E-state index contributed by atoms with van der Waals surface area (Å²) < 4.78 is 29.5. The maximum Gasteiger partial charge on any atom is 0.315 e. The average Bonchev–Trinajstić information content (AvgIpc) is 3.34. The van der Waals surface area contributed by atoms with Crippen molar-refractivity contribution >= 4 is 39.7 Å². The fourth-order valence-corrected chi connectivity index (χ4v) is 8.81. The third-order valence-corrected chi connectivity index (χ3v) is 12.8. The van der Waals surface area contributed by atoms with E-state index in [2.05, 4.69) is 27.8 Å². The van der Waals surface area contributed by atoms with Crippen molar-refractivity contribution in [3.63, 3.8) is 0 Å². The first kappa shape index (κ1) is 42.4. The summed E-state index contributed by atoms with van der Waals surface area (Å²) in [5.41, 5.74) is -1.52. The molecule has 2 aliphatic heterocycles. The molecule has 1 saturated carbocycles. The van der Waals surface area contributed by atoms with E-state index in [1.54, 1.807) is 0 Å². The monoisotopic (exact) mass is 737 g/mol. The van der Waals surface area contributed by atoms with Gasteiger partial charge in [0.2, 0.25) is 17.6 Å². The van der Waals surface area contributed by atoms with Crippen LogP contribution >= 0.6 is 0 Å². The molecule has 3 aliphatic rings. The maximum atomic E-state index is 14.4. The molecule has 0 aromatic rings. The minimum atomic E-state index is -3.73. The summed E-state index contributed by atoms with van der Waals surface area (Å²) in [4.78, 5) is 69.1. The van der Waals surface area contributed by atoms with Gasteiger partial charge in [-0.25, -0.2) is 4.79 Å². The number of likely N-dealkylation sites (tertiary alicyclic amines) is 1. The molecule has 5 amide bonds. The number of likely N-dealkylation sites (N-methyl/N-ethyl adjacent to an activating group) is 1. The van der Waals surface area contributed by atoms with Gasteiger partial charge >= 0.3 is 6.03 Å². The smallest absolute Gasteiger partial charge is 0.315 e. The Bertz CT molecular complexity index is 1430. The number of carbonyl (C=O) groups is 5. The van der Waals surface area contributed by atoms with E-state index in [4.69, 9.17) is 0 Å². The highest BCUT2D eigenvalue weighted by Gasteiger charge is 2.70. The molecule has 0 aromatic carbocycles. The Morgan fingerprint density at radius 2 is 1.57 bits per heavy atom. The highest BCUT2D eigenvalue weighted by Crippen LogP contribution is 2.65. The first-order chi connectivity index (χ1) is 23.5. The summed E-state index contributed by atoms with van der Waals surface area (Å²) in [6.07, 6.45) is 4.85. The van der Waals surface area contributed by atoms with Crippen LogP contribution in [0.2, 0.25) is 0 Å². The zero-order valence-electron chi connectivity index (χ0n) is 32.4. The summed E-state index contributed by atoms with van der Waals surface area (Å²) in [6, 6.07) is -4.23. The summed E-state index contributed by atoms with van der Waals surface area (Å²) >= 11 is 0. The van der Waals surface area contributed by atoms with Crippen LogP contribution in [0.1, 0.15) is 94.4 Å². The first-order valence-electron chi connectivity index (χ1n) is 18.3. The molecule has 15 heteroatoms. The molecule has 0 radical (unpaired) electrons. The molecular formula is C36H63N7O7S. The van der Waals surface area contributed by atoms with E-state index in [0.717, 1.165) is 19.3 Å². The number of nitrogens with zero attached hydrogens (tertiary/aromatic N) is 3. The molecule has 2 saturated heterocycles. The number of hydrogen-bond donors (Lipinski definition) is 4. The Balaban J connectivity index is 1.81. The van der Waals surface area contributed by atoms with E-state index >= 15 is 0 Å². The Morgan fingerprint density at radius 1 is 0.961 bits per heavy atom. The molecule has 4 N–H and O–H groups in total. The van der Waals surface area contributed by atoms with Gasteiger partial charge in [-0.2, -0.15) is 17.0 Å². The van der Waals surface area contributed by atoms with Crippen molar-refractivity contribution in [3.8, 4) is 0 Å². The van der Waals surface area contributed by atoms with E-state index < -0.39 is 74.7 Å². The lowest BCUT2D eigenvalue weighted by atomic mass is 9.85. The summed E-state index contributed by atoms with van der Waals surface area (Å²) in [5, 5.41) is 11.1. The minimum absolute atomic E-state index is 0.0277. The molecule has 3 rings (SSSR count). The molecule has 290 valence electrons. The van der Waals surface area contributed by atoms with Crippen molar-refractivity contribution in [1.82, 2.24) is 34.8 Å². The number of rotatable bonds is 15. The summed E-state index contributed by atoms with van der Waals surface area (Å²) in [5.74, 6) is -2.63. The van der Waals surface area contributed by atoms with E-state index in [0.29, 0.717) is 26.1 Å². The fraction of sp³-hybridized carbons (Fsp3) is 0.806. The Labute approximate surface area is 305 Å². The van der Waals surface area contributed by atoms with Gasteiger partial charge < -0.3 is 26.2 Å². The topological polar surface area (TPSA) is 177 Å². The normalized spacial score (nSPS) is 23.7. The first-order valence-corrected chi connectivity index (χ1v) is 19.7. The van der Waals surface area contributed by atoms with Crippen molar-refractivity contribution in [1.29, 1.82) is 0 Å². The van der Waals surface area contributed by atoms with Gasteiger partial charge in [-0.3, -0.25) is 19.2 Å². The van der Waals surface area contributed by atoms with Crippen LogP contribution in [0, 0.1) is 28.1 Å². The van der Waals surface area contributed by atoms with Crippen molar-refractivity contribution in [2.24, 2.45) is 28.1 Å². The quantitative estimate of drug-likeness (QED) is 0.147. The highest BCUT2D eigenvalue weighted by atomic mass is 32.2. The number of nitrogens with one attached hydrogen (secondary N) is 4. The Hall–Kier alpha value is -3.04. The van der Waals surface area contributed by atoms with Gasteiger partial charge in [0.1, 0.15) is 12.1 Å². The predicted octanol–water partition coefficient (Wildman–Crippen LogP) is 2.42. The van der Waals surface area contributed by atoms with Crippen LogP contribution in [0.5, 0.6) is 0 Å². The molecule has 1 aliphatic carbocycles. The van der Waals surface area contributed by atoms with Gasteiger partial charge in [-0.1, -0.05) is 81.2 Å². The Morgan fingerprint density at radius 3 is 2.10 bits per heavy atom. The van der Waals surface area contributed by atoms with E-state index in [9.17, 15) is 32.4 Å². The van der Waals surface area contributed by atoms with Crippen LogP contribution in [0.25, 0.3) is 0 Å². The van der Waals surface area contributed by atoms with E-state index in [-0.39, 0.29) is 36.8 Å². The van der Waals surface area contributed by atoms with Gasteiger partial charge in [0.25, 0.3) is 16.1 Å². The third-order valence-electron chi connectivity index (χ3n) is 10.8. The summed E-state index contributed by atoms with van der Waals surface area (Å²) in [6.45, 7) is 22.1. The number of piperidine rings is 2. The zero-order chi connectivity index (χ0) is 38.7. The van der Waals surface area contributed by atoms with Gasteiger partial charge in [0, 0.05) is 45.8 Å². The van der Waals surface area contributed by atoms with E-state index in [1.165, 1.54) is 26.6 Å². The lowest BCUT2D eigenvalue weighted by Gasteiger charge is -2.39. The van der Waals surface area contributed by atoms with Crippen molar-refractivity contribution in [3.05, 3.63) is 12.7 Å². The molecular weight excluding hydrogens is 675 g/mol. The van der Waals surface area contributed by atoms with Crippen molar-refractivity contribution in [2.75, 3.05) is 39.8 Å². The van der Waals surface area contributed by atoms with Gasteiger partial charge in [-0.15, -0.1) is 6.58 Å². The number of hydrogen-bond acceptors (Lipinski definition) is 7. The number of ketones is 1. The molecule has 1 unspecified atom stereocenters. The number of urea groups is 1.